The zero-order valence-corrected chi connectivity index (χ0v) is 24.5. The number of hydrogen-bond donors (Lipinski definition) is 0. The quantitative estimate of drug-likeness (QED) is 0.203. The normalized spacial score (nSPS) is 11.6. The fourth-order valence-electron chi connectivity index (χ4n) is 6.76. The Hall–Kier alpha value is -6.06. The highest BCUT2D eigenvalue weighted by molar-refractivity contribution is 6.18. The van der Waals surface area contributed by atoms with Crippen LogP contribution in [0.2, 0.25) is 0 Å². The van der Waals surface area contributed by atoms with Gasteiger partial charge in [0.2, 0.25) is 0 Å². The lowest BCUT2D eigenvalue weighted by Gasteiger charge is -2.27. The molecule has 0 bridgehead atoms. The molecule has 9 aromatic rings. The molecular weight excluding hydrogens is 548 g/mol. The SMILES string of the molecule is c1ccc(N(c2ccc(-c3cccc4c3oc3c5ccccc5n(-c5ccccc5)c43)cc2)c2cccc3ccccc23)cc1. The topological polar surface area (TPSA) is 21.3 Å². The van der Waals surface area contributed by atoms with Gasteiger partial charge in [0.25, 0.3) is 0 Å². The first-order valence-corrected chi connectivity index (χ1v) is 15.3. The third-order valence-corrected chi connectivity index (χ3v) is 8.78. The fraction of sp³-hybridized carbons (Fsp3) is 0. The summed E-state index contributed by atoms with van der Waals surface area (Å²) in [5, 5.41) is 4.65. The first-order chi connectivity index (χ1) is 22.3. The summed E-state index contributed by atoms with van der Waals surface area (Å²) in [5.41, 5.74) is 10.7. The van der Waals surface area contributed by atoms with E-state index in [1.165, 1.54) is 10.8 Å². The molecule has 9 rings (SSSR count). The van der Waals surface area contributed by atoms with E-state index in [2.05, 4.69) is 179 Å². The molecule has 2 heterocycles. The van der Waals surface area contributed by atoms with Crippen LogP contribution in [0.4, 0.5) is 17.1 Å². The maximum atomic E-state index is 6.79. The average molecular weight is 577 g/mol. The molecule has 0 atom stereocenters. The van der Waals surface area contributed by atoms with E-state index in [9.17, 15) is 0 Å². The van der Waals surface area contributed by atoms with Crippen LogP contribution >= 0.6 is 0 Å². The molecule has 0 aliphatic heterocycles. The van der Waals surface area contributed by atoms with Gasteiger partial charge in [-0.15, -0.1) is 0 Å². The largest absolute Gasteiger partial charge is 0.453 e. The van der Waals surface area contributed by atoms with Crippen molar-refractivity contribution in [3.8, 4) is 16.8 Å². The Balaban J connectivity index is 1.21. The Labute approximate surface area is 260 Å². The second-order valence-electron chi connectivity index (χ2n) is 11.4. The van der Waals surface area contributed by atoms with E-state index in [-0.39, 0.29) is 0 Å². The highest BCUT2D eigenvalue weighted by atomic mass is 16.3. The molecule has 0 saturated heterocycles. The lowest BCUT2D eigenvalue weighted by Crippen LogP contribution is -2.10. The van der Waals surface area contributed by atoms with Gasteiger partial charge < -0.3 is 13.9 Å². The van der Waals surface area contributed by atoms with Crippen LogP contribution in [0.15, 0.2) is 174 Å². The molecule has 3 heteroatoms. The summed E-state index contributed by atoms with van der Waals surface area (Å²) >= 11 is 0. The smallest absolute Gasteiger partial charge is 0.161 e. The zero-order valence-electron chi connectivity index (χ0n) is 24.5. The number of rotatable bonds is 5. The molecule has 45 heavy (non-hydrogen) atoms. The van der Waals surface area contributed by atoms with Crippen LogP contribution in [0.1, 0.15) is 0 Å². The minimum atomic E-state index is 0.902. The standard InChI is InChI=1S/C42H28N2O/c1-3-15-31(16-4-1)43(38-24-11-14-29-13-7-8-19-34(29)38)33-27-25-30(26-28-33)35-21-12-22-37-40-42(45-41(35)37)36-20-9-10-23-39(36)44(40)32-17-5-2-6-18-32/h1-28H. The van der Waals surface area contributed by atoms with Gasteiger partial charge in [0.15, 0.2) is 5.58 Å². The molecular formula is C42H28N2O. The van der Waals surface area contributed by atoms with E-state index in [4.69, 9.17) is 4.42 Å². The Bertz CT molecular complexity index is 2470. The van der Waals surface area contributed by atoms with Crippen molar-refractivity contribution in [2.45, 2.75) is 0 Å². The van der Waals surface area contributed by atoms with Crippen LogP contribution < -0.4 is 4.90 Å². The maximum absolute atomic E-state index is 6.79. The third-order valence-electron chi connectivity index (χ3n) is 8.78. The number of furan rings is 1. The first-order valence-electron chi connectivity index (χ1n) is 15.3. The lowest BCUT2D eigenvalue weighted by molar-refractivity contribution is 0.674. The van der Waals surface area contributed by atoms with E-state index in [0.29, 0.717) is 0 Å². The molecule has 0 unspecified atom stereocenters. The first kappa shape index (κ1) is 25.4. The number of aromatic nitrogens is 1. The van der Waals surface area contributed by atoms with E-state index < -0.39 is 0 Å². The van der Waals surface area contributed by atoms with E-state index >= 15 is 0 Å². The monoisotopic (exact) mass is 576 g/mol. The summed E-state index contributed by atoms with van der Waals surface area (Å²) in [6.07, 6.45) is 0. The van der Waals surface area contributed by atoms with Gasteiger partial charge in [-0.25, -0.2) is 0 Å². The Morgan fingerprint density at radius 1 is 0.444 bits per heavy atom. The highest BCUT2D eigenvalue weighted by Crippen LogP contribution is 2.43. The van der Waals surface area contributed by atoms with E-state index in [1.807, 2.05) is 0 Å². The van der Waals surface area contributed by atoms with Crippen molar-refractivity contribution in [2.75, 3.05) is 4.90 Å². The van der Waals surface area contributed by atoms with Gasteiger partial charge in [0.05, 0.1) is 11.2 Å². The molecule has 0 N–H and O–H groups in total. The molecule has 3 nitrogen and oxygen atoms in total. The van der Waals surface area contributed by atoms with Crippen molar-refractivity contribution >= 4 is 60.8 Å². The third kappa shape index (κ3) is 4.05. The Kier molecular flexibility index (Phi) is 5.82. The zero-order chi connectivity index (χ0) is 29.7. The van der Waals surface area contributed by atoms with Crippen molar-refractivity contribution in [3.05, 3.63) is 170 Å². The van der Waals surface area contributed by atoms with Crippen LogP contribution in [0.25, 0.3) is 60.6 Å². The number of hydrogen-bond acceptors (Lipinski definition) is 2. The molecule has 7 aromatic carbocycles. The minimum absolute atomic E-state index is 0.902. The summed E-state index contributed by atoms with van der Waals surface area (Å²) < 4.78 is 9.11. The van der Waals surface area contributed by atoms with Crippen LogP contribution in [-0.4, -0.2) is 4.57 Å². The Morgan fingerprint density at radius 2 is 1.07 bits per heavy atom. The van der Waals surface area contributed by atoms with Gasteiger partial charge >= 0.3 is 0 Å². The van der Waals surface area contributed by atoms with Crippen LogP contribution in [0.5, 0.6) is 0 Å². The number of anilines is 3. The van der Waals surface area contributed by atoms with E-state index in [0.717, 1.165) is 66.8 Å². The van der Waals surface area contributed by atoms with Gasteiger partial charge in [-0.1, -0.05) is 109 Å². The number of benzene rings is 7. The maximum Gasteiger partial charge on any atom is 0.161 e. The van der Waals surface area contributed by atoms with Crippen molar-refractivity contribution in [1.82, 2.24) is 4.57 Å². The van der Waals surface area contributed by atoms with Gasteiger partial charge in [-0.05, 0) is 71.6 Å². The lowest BCUT2D eigenvalue weighted by atomic mass is 10.0. The molecule has 0 aliphatic carbocycles. The summed E-state index contributed by atoms with van der Waals surface area (Å²) in [5.74, 6) is 0. The van der Waals surface area contributed by atoms with Crippen LogP contribution in [-0.2, 0) is 0 Å². The van der Waals surface area contributed by atoms with E-state index in [1.54, 1.807) is 0 Å². The molecule has 0 radical (unpaired) electrons. The molecule has 0 spiro atoms. The summed E-state index contributed by atoms with van der Waals surface area (Å²) in [7, 11) is 0. The second-order valence-corrected chi connectivity index (χ2v) is 11.4. The predicted molar refractivity (Wildman–Crippen MR) is 188 cm³/mol. The van der Waals surface area contributed by atoms with Crippen molar-refractivity contribution in [3.63, 3.8) is 0 Å². The number of para-hydroxylation sites is 4. The van der Waals surface area contributed by atoms with Crippen molar-refractivity contribution in [2.24, 2.45) is 0 Å². The molecule has 0 saturated carbocycles. The summed E-state index contributed by atoms with van der Waals surface area (Å²) in [6.45, 7) is 0. The van der Waals surface area contributed by atoms with Gasteiger partial charge in [0.1, 0.15) is 11.1 Å². The summed E-state index contributed by atoms with van der Waals surface area (Å²) in [4.78, 5) is 2.34. The van der Waals surface area contributed by atoms with Gasteiger partial charge in [-0.2, -0.15) is 0 Å². The fourth-order valence-corrected chi connectivity index (χ4v) is 6.76. The van der Waals surface area contributed by atoms with Crippen LogP contribution in [0, 0.1) is 0 Å². The highest BCUT2D eigenvalue weighted by Gasteiger charge is 2.21. The van der Waals surface area contributed by atoms with Gasteiger partial charge in [-0.3, -0.25) is 0 Å². The van der Waals surface area contributed by atoms with Crippen molar-refractivity contribution < 1.29 is 4.42 Å². The van der Waals surface area contributed by atoms with Crippen molar-refractivity contribution in [1.29, 1.82) is 0 Å². The second kappa shape index (κ2) is 10.3. The average Bonchev–Trinajstić information content (AvgIpc) is 3.65. The van der Waals surface area contributed by atoms with Gasteiger partial charge in [0, 0.05) is 38.8 Å². The molecule has 0 fully saturated rings. The molecule has 2 aromatic heterocycles. The Morgan fingerprint density at radius 3 is 1.89 bits per heavy atom. The van der Waals surface area contributed by atoms with Crippen LogP contribution in [0.3, 0.4) is 0 Å². The summed E-state index contributed by atoms with van der Waals surface area (Å²) in [6, 6.07) is 60.0. The number of fused-ring (bicyclic) bond motifs is 6. The minimum Gasteiger partial charge on any atom is -0.453 e. The molecule has 0 aliphatic rings. The predicted octanol–water partition coefficient (Wildman–Crippen LogP) is 11.8. The molecule has 212 valence electrons. The number of nitrogens with zero attached hydrogens (tertiary/aromatic N) is 2. The molecule has 0 amide bonds.